The molecule has 0 saturated carbocycles. The minimum Gasteiger partial charge on any atom is -0.456 e. The van der Waals surface area contributed by atoms with Gasteiger partial charge in [-0.25, -0.2) is 4.79 Å². The lowest BCUT2D eigenvalue weighted by Crippen LogP contribution is -2.49. The zero-order valence-electron chi connectivity index (χ0n) is 18.5. The number of hydrogen-bond acceptors (Lipinski definition) is 6. The number of nitrogens with zero attached hydrogens (tertiary/aromatic N) is 3. The summed E-state index contributed by atoms with van der Waals surface area (Å²) in [6.45, 7) is 9.11. The standard InChI is InChI=1S/C24H27N3O5/c1-24(2,3)32-23(28)26-12-10-25(11-13-26)16-17-8-9-18-15-22(31-21(18)14-17)19-6-4-5-7-20(19)27(29)30/h4-9,14-15H,10-13,16H2,1-3H3. The van der Waals surface area contributed by atoms with Gasteiger partial charge in [0.1, 0.15) is 16.9 Å². The first-order valence-electron chi connectivity index (χ1n) is 10.7. The first-order chi connectivity index (χ1) is 15.2. The van der Waals surface area contributed by atoms with Crippen LogP contribution in [0.4, 0.5) is 10.5 Å². The van der Waals surface area contributed by atoms with E-state index in [0.717, 1.165) is 30.6 Å². The number of amides is 1. The summed E-state index contributed by atoms with van der Waals surface area (Å²) in [4.78, 5) is 27.2. The maximum absolute atomic E-state index is 12.2. The number of rotatable bonds is 4. The van der Waals surface area contributed by atoms with E-state index in [1.165, 1.54) is 6.07 Å². The number of fused-ring (bicyclic) bond motifs is 1. The van der Waals surface area contributed by atoms with Crippen molar-refractivity contribution in [1.82, 2.24) is 9.80 Å². The van der Waals surface area contributed by atoms with Crippen LogP contribution in [0.1, 0.15) is 26.3 Å². The van der Waals surface area contributed by atoms with Crippen LogP contribution in [0.25, 0.3) is 22.3 Å². The van der Waals surface area contributed by atoms with E-state index in [1.807, 2.05) is 45.0 Å². The minimum atomic E-state index is -0.494. The number of carbonyl (C=O) groups excluding carboxylic acids is 1. The van der Waals surface area contributed by atoms with E-state index in [4.69, 9.17) is 9.15 Å². The van der Waals surface area contributed by atoms with Crippen LogP contribution < -0.4 is 0 Å². The molecule has 0 radical (unpaired) electrons. The summed E-state index contributed by atoms with van der Waals surface area (Å²) in [6, 6.07) is 14.4. The van der Waals surface area contributed by atoms with Gasteiger partial charge in [0, 0.05) is 44.2 Å². The Labute approximate surface area is 186 Å². The molecule has 3 aromatic rings. The van der Waals surface area contributed by atoms with Crippen molar-refractivity contribution in [2.75, 3.05) is 26.2 Å². The van der Waals surface area contributed by atoms with Crippen molar-refractivity contribution in [3.05, 3.63) is 64.2 Å². The second kappa shape index (κ2) is 8.63. The molecule has 0 unspecified atom stereocenters. The fraction of sp³-hybridized carbons (Fsp3) is 0.375. The van der Waals surface area contributed by atoms with Gasteiger partial charge in [-0.2, -0.15) is 0 Å². The number of hydrogen-bond donors (Lipinski definition) is 0. The Morgan fingerprint density at radius 3 is 2.50 bits per heavy atom. The van der Waals surface area contributed by atoms with Crippen LogP contribution in [0, 0.1) is 10.1 Å². The van der Waals surface area contributed by atoms with Crippen LogP contribution in [0.15, 0.2) is 52.9 Å². The van der Waals surface area contributed by atoms with Crippen molar-refractivity contribution in [2.45, 2.75) is 32.9 Å². The zero-order valence-corrected chi connectivity index (χ0v) is 18.5. The second-order valence-corrected chi connectivity index (χ2v) is 9.00. The summed E-state index contributed by atoms with van der Waals surface area (Å²) in [5.74, 6) is 0.482. The summed E-state index contributed by atoms with van der Waals surface area (Å²) >= 11 is 0. The molecule has 1 amide bonds. The van der Waals surface area contributed by atoms with Crippen molar-refractivity contribution in [3.63, 3.8) is 0 Å². The highest BCUT2D eigenvalue weighted by atomic mass is 16.6. The highest BCUT2D eigenvalue weighted by molar-refractivity contribution is 5.85. The van der Waals surface area contributed by atoms with Gasteiger partial charge in [0.15, 0.2) is 0 Å². The molecule has 32 heavy (non-hydrogen) atoms. The molecule has 1 saturated heterocycles. The molecule has 2 aromatic carbocycles. The van der Waals surface area contributed by atoms with E-state index < -0.39 is 10.5 Å². The molecule has 8 heteroatoms. The summed E-state index contributed by atoms with van der Waals surface area (Å²) in [7, 11) is 0. The summed E-state index contributed by atoms with van der Waals surface area (Å²) < 4.78 is 11.4. The van der Waals surface area contributed by atoms with Crippen molar-refractivity contribution < 1.29 is 18.9 Å². The first kappa shape index (κ1) is 21.8. The third kappa shape index (κ3) is 4.91. The van der Waals surface area contributed by atoms with Crippen LogP contribution in [0.3, 0.4) is 0 Å². The number of ether oxygens (including phenoxy) is 1. The maximum atomic E-state index is 12.2. The molecule has 0 aliphatic carbocycles. The largest absolute Gasteiger partial charge is 0.456 e. The average molecular weight is 437 g/mol. The van der Waals surface area contributed by atoms with Gasteiger partial charge in [-0.1, -0.05) is 24.3 Å². The van der Waals surface area contributed by atoms with Crippen molar-refractivity contribution >= 4 is 22.7 Å². The number of carbonyl (C=O) groups is 1. The maximum Gasteiger partial charge on any atom is 0.410 e. The summed E-state index contributed by atoms with van der Waals surface area (Å²) in [5, 5.41) is 12.2. The normalized spacial score (nSPS) is 15.2. The van der Waals surface area contributed by atoms with Crippen molar-refractivity contribution in [3.8, 4) is 11.3 Å². The Hall–Kier alpha value is -3.39. The highest BCUT2D eigenvalue weighted by Crippen LogP contribution is 2.34. The molecule has 1 fully saturated rings. The Bertz CT molecular complexity index is 1140. The lowest BCUT2D eigenvalue weighted by Gasteiger charge is -2.35. The summed E-state index contributed by atoms with van der Waals surface area (Å²) in [5.41, 5.74) is 1.78. The van der Waals surface area contributed by atoms with E-state index in [0.29, 0.717) is 30.0 Å². The van der Waals surface area contributed by atoms with E-state index >= 15 is 0 Å². The Kier molecular flexibility index (Phi) is 5.88. The number of furan rings is 1. The number of benzene rings is 2. The Morgan fingerprint density at radius 1 is 1.09 bits per heavy atom. The average Bonchev–Trinajstić information content (AvgIpc) is 3.16. The van der Waals surface area contributed by atoms with Gasteiger partial charge < -0.3 is 14.1 Å². The van der Waals surface area contributed by atoms with Gasteiger partial charge in [-0.15, -0.1) is 0 Å². The molecule has 168 valence electrons. The topological polar surface area (TPSA) is 89.1 Å². The molecule has 0 bridgehead atoms. The molecule has 0 atom stereocenters. The molecule has 2 heterocycles. The molecule has 0 N–H and O–H groups in total. The fourth-order valence-corrected chi connectivity index (χ4v) is 3.82. The van der Waals surface area contributed by atoms with Crippen LogP contribution >= 0.6 is 0 Å². The van der Waals surface area contributed by atoms with E-state index in [9.17, 15) is 14.9 Å². The third-order valence-electron chi connectivity index (χ3n) is 5.38. The van der Waals surface area contributed by atoms with Gasteiger partial charge in [0.05, 0.1) is 10.5 Å². The van der Waals surface area contributed by atoms with Crippen molar-refractivity contribution in [2.24, 2.45) is 0 Å². The molecule has 4 rings (SSSR count). The van der Waals surface area contributed by atoms with Gasteiger partial charge in [0.25, 0.3) is 5.69 Å². The molecular weight excluding hydrogens is 410 g/mol. The SMILES string of the molecule is CC(C)(C)OC(=O)N1CCN(Cc2ccc3cc(-c4ccccc4[N+](=O)[O-])oc3c2)CC1. The molecule has 1 aromatic heterocycles. The lowest BCUT2D eigenvalue weighted by atomic mass is 10.1. The number of para-hydroxylation sites is 1. The van der Waals surface area contributed by atoms with Crippen LogP contribution in [0.2, 0.25) is 0 Å². The van der Waals surface area contributed by atoms with E-state index in [-0.39, 0.29) is 11.8 Å². The monoisotopic (exact) mass is 437 g/mol. The smallest absolute Gasteiger partial charge is 0.410 e. The Morgan fingerprint density at radius 2 is 1.81 bits per heavy atom. The molecule has 0 spiro atoms. The van der Waals surface area contributed by atoms with Crippen LogP contribution in [-0.4, -0.2) is 52.6 Å². The first-order valence-corrected chi connectivity index (χ1v) is 10.7. The van der Waals surface area contributed by atoms with E-state index in [2.05, 4.69) is 4.90 Å². The van der Waals surface area contributed by atoms with Crippen LogP contribution in [-0.2, 0) is 11.3 Å². The van der Waals surface area contributed by atoms with Crippen LogP contribution in [0.5, 0.6) is 0 Å². The second-order valence-electron chi connectivity index (χ2n) is 9.00. The van der Waals surface area contributed by atoms with Gasteiger partial charge >= 0.3 is 6.09 Å². The van der Waals surface area contributed by atoms with Gasteiger partial charge in [-0.3, -0.25) is 15.0 Å². The minimum absolute atomic E-state index is 0.0228. The van der Waals surface area contributed by atoms with Crippen molar-refractivity contribution in [1.29, 1.82) is 0 Å². The van der Waals surface area contributed by atoms with Gasteiger partial charge in [0.2, 0.25) is 0 Å². The number of nitro groups is 1. The lowest BCUT2D eigenvalue weighted by molar-refractivity contribution is -0.384. The number of piperazine rings is 1. The predicted octanol–water partition coefficient (Wildman–Crippen LogP) is 5.06. The summed E-state index contributed by atoms with van der Waals surface area (Å²) in [6.07, 6.45) is -0.267. The highest BCUT2D eigenvalue weighted by Gasteiger charge is 2.26. The van der Waals surface area contributed by atoms with E-state index in [1.54, 1.807) is 23.1 Å². The van der Waals surface area contributed by atoms with Gasteiger partial charge in [-0.05, 0) is 44.5 Å². The zero-order chi connectivity index (χ0) is 22.9. The molecular formula is C24H27N3O5. The Balaban J connectivity index is 1.44. The fourth-order valence-electron chi connectivity index (χ4n) is 3.82. The number of nitro benzene ring substituents is 1. The molecule has 1 aliphatic rings. The molecule has 1 aliphatic heterocycles. The molecule has 8 nitrogen and oxygen atoms in total. The third-order valence-corrected chi connectivity index (χ3v) is 5.38. The quantitative estimate of drug-likeness (QED) is 0.419. The predicted molar refractivity (Wildman–Crippen MR) is 121 cm³/mol.